The van der Waals surface area contributed by atoms with Gasteiger partial charge in [-0.05, 0) is 61.4 Å². The van der Waals surface area contributed by atoms with Crippen LogP contribution in [0.25, 0.3) is 11.1 Å². The smallest absolute Gasteiger partial charge is 0.255 e. The number of hydrogen-bond donors (Lipinski definition) is 1. The average molecular weight is 400 g/mol. The Balaban J connectivity index is 1.45. The first-order valence-corrected chi connectivity index (χ1v) is 10.1. The zero-order chi connectivity index (χ0) is 20.9. The van der Waals surface area contributed by atoms with E-state index in [9.17, 15) is 4.79 Å². The third-order valence-electron chi connectivity index (χ3n) is 4.92. The van der Waals surface area contributed by atoms with Crippen molar-refractivity contribution >= 4 is 22.7 Å². The van der Waals surface area contributed by atoms with Gasteiger partial charge in [0.05, 0.1) is 6.10 Å². The Labute approximate surface area is 175 Å². The van der Waals surface area contributed by atoms with Gasteiger partial charge in [0, 0.05) is 17.7 Å². The summed E-state index contributed by atoms with van der Waals surface area (Å²) in [5.74, 6) is 1.23. The molecule has 3 aromatic carbocycles. The van der Waals surface area contributed by atoms with Crippen molar-refractivity contribution in [2.24, 2.45) is 0 Å². The van der Waals surface area contributed by atoms with Gasteiger partial charge in [-0.1, -0.05) is 37.3 Å². The number of rotatable bonds is 7. The first-order chi connectivity index (χ1) is 14.6. The maximum absolute atomic E-state index is 12.6. The van der Waals surface area contributed by atoms with E-state index in [0.29, 0.717) is 29.1 Å². The zero-order valence-electron chi connectivity index (χ0n) is 17.1. The summed E-state index contributed by atoms with van der Waals surface area (Å²) in [5.41, 5.74) is 3.79. The molecule has 0 saturated heterocycles. The fourth-order valence-electron chi connectivity index (χ4n) is 3.10. The van der Waals surface area contributed by atoms with Crippen LogP contribution in [0.2, 0.25) is 0 Å². The van der Waals surface area contributed by atoms with Crippen LogP contribution in [0, 0.1) is 0 Å². The van der Waals surface area contributed by atoms with E-state index in [0.717, 1.165) is 23.3 Å². The normalized spacial score (nSPS) is 11.9. The number of anilines is 1. The average Bonchev–Trinajstić information content (AvgIpc) is 3.16. The van der Waals surface area contributed by atoms with E-state index in [1.165, 1.54) is 0 Å². The molecule has 0 spiro atoms. The van der Waals surface area contributed by atoms with Crippen molar-refractivity contribution in [2.45, 2.75) is 32.8 Å². The van der Waals surface area contributed by atoms with E-state index < -0.39 is 0 Å². The SMILES string of the molecule is CCC(C)Oc1ccc(C(=O)Nc2ccc3oc(Cc4ccccc4)nc3c2)cc1. The summed E-state index contributed by atoms with van der Waals surface area (Å²) in [5, 5.41) is 2.92. The highest BCUT2D eigenvalue weighted by Gasteiger charge is 2.11. The number of carbonyl (C=O) groups excluding carboxylic acids is 1. The lowest BCUT2D eigenvalue weighted by Crippen LogP contribution is -2.12. The minimum atomic E-state index is -0.183. The minimum Gasteiger partial charge on any atom is -0.491 e. The predicted molar refractivity (Wildman–Crippen MR) is 118 cm³/mol. The molecule has 1 unspecified atom stereocenters. The summed E-state index contributed by atoms with van der Waals surface area (Å²) < 4.78 is 11.6. The van der Waals surface area contributed by atoms with Gasteiger partial charge < -0.3 is 14.5 Å². The predicted octanol–water partition coefficient (Wildman–Crippen LogP) is 5.85. The first kappa shape index (κ1) is 19.7. The second-order valence-corrected chi connectivity index (χ2v) is 7.27. The van der Waals surface area contributed by atoms with E-state index in [2.05, 4.69) is 17.2 Å². The molecule has 1 aromatic heterocycles. The molecule has 1 amide bonds. The van der Waals surface area contributed by atoms with Crippen molar-refractivity contribution < 1.29 is 13.9 Å². The molecule has 0 fully saturated rings. The molecule has 1 atom stereocenters. The highest BCUT2D eigenvalue weighted by molar-refractivity contribution is 6.04. The molecule has 5 nitrogen and oxygen atoms in total. The summed E-state index contributed by atoms with van der Waals surface area (Å²) in [6.45, 7) is 4.09. The van der Waals surface area contributed by atoms with Gasteiger partial charge >= 0.3 is 0 Å². The molecule has 0 aliphatic heterocycles. The Bertz CT molecular complexity index is 1130. The Kier molecular flexibility index (Phi) is 5.80. The van der Waals surface area contributed by atoms with Gasteiger partial charge in [0.1, 0.15) is 11.3 Å². The summed E-state index contributed by atoms with van der Waals surface area (Å²) in [7, 11) is 0. The Morgan fingerprint density at radius 2 is 1.83 bits per heavy atom. The van der Waals surface area contributed by atoms with Gasteiger partial charge in [-0.3, -0.25) is 4.79 Å². The quantitative estimate of drug-likeness (QED) is 0.423. The second kappa shape index (κ2) is 8.82. The number of ether oxygens (including phenoxy) is 1. The molecule has 1 N–H and O–H groups in total. The highest BCUT2D eigenvalue weighted by atomic mass is 16.5. The van der Waals surface area contributed by atoms with Gasteiger partial charge in [0.15, 0.2) is 11.5 Å². The summed E-state index contributed by atoms with van der Waals surface area (Å²) in [6.07, 6.45) is 1.70. The number of carbonyl (C=O) groups is 1. The van der Waals surface area contributed by atoms with Crippen molar-refractivity contribution in [3.63, 3.8) is 0 Å². The molecule has 0 bridgehead atoms. The number of amides is 1. The van der Waals surface area contributed by atoms with Crippen LogP contribution in [0.4, 0.5) is 5.69 Å². The highest BCUT2D eigenvalue weighted by Crippen LogP contribution is 2.22. The van der Waals surface area contributed by atoms with Crippen LogP contribution in [-0.2, 0) is 6.42 Å². The summed E-state index contributed by atoms with van der Waals surface area (Å²) >= 11 is 0. The fourth-order valence-corrected chi connectivity index (χ4v) is 3.10. The molecule has 4 rings (SSSR count). The van der Waals surface area contributed by atoms with Crippen LogP contribution < -0.4 is 10.1 Å². The summed E-state index contributed by atoms with van der Waals surface area (Å²) in [6, 6.07) is 22.7. The number of oxazole rings is 1. The molecular formula is C25H24N2O3. The fraction of sp³-hybridized carbons (Fsp3) is 0.200. The Hall–Kier alpha value is -3.60. The molecule has 4 aromatic rings. The van der Waals surface area contributed by atoms with E-state index in [4.69, 9.17) is 9.15 Å². The topological polar surface area (TPSA) is 64.4 Å². The maximum Gasteiger partial charge on any atom is 0.255 e. The Morgan fingerprint density at radius 1 is 1.07 bits per heavy atom. The molecule has 152 valence electrons. The molecule has 0 aliphatic carbocycles. The van der Waals surface area contributed by atoms with Crippen LogP contribution in [-0.4, -0.2) is 17.0 Å². The Morgan fingerprint density at radius 3 is 2.57 bits per heavy atom. The molecule has 30 heavy (non-hydrogen) atoms. The second-order valence-electron chi connectivity index (χ2n) is 7.27. The van der Waals surface area contributed by atoms with E-state index >= 15 is 0 Å². The zero-order valence-corrected chi connectivity index (χ0v) is 17.1. The van der Waals surface area contributed by atoms with Crippen LogP contribution in [0.3, 0.4) is 0 Å². The van der Waals surface area contributed by atoms with Gasteiger partial charge in [-0.15, -0.1) is 0 Å². The van der Waals surface area contributed by atoms with Crippen LogP contribution >= 0.6 is 0 Å². The van der Waals surface area contributed by atoms with E-state index in [-0.39, 0.29) is 12.0 Å². The molecule has 0 radical (unpaired) electrons. The lowest BCUT2D eigenvalue weighted by molar-refractivity contribution is 0.102. The minimum absolute atomic E-state index is 0.144. The van der Waals surface area contributed by atoms with Crippen LogP contribution in [0.5, 0.6) is 5.75 Å². The van der Waals surface area contributed by atoms with Crippen LogP contribution in [0.1, 0.15) is 42.1 Å². The first-order valence-electron chi connectivity index (χ1n) is 10.1. The van der Waals surface area contributed by atoms with Crippen molar-refractivity contribution in [3.05, 3.63) is 89.8 Å². The molecule has 0 saturated carbocycles. The molecule has 5 heteroatoms. The molecule has 0 aliphatic rings. The van der Waals surface area contributed by atoms with E-state index in [1.807, 2.05) is 67.6 Å². The van der Waals surface area contributed by atoms with Gasteiger partial charge in [-0.2, -0.15) is 0 Å². The van der Waals surface area contributed by atoms with Crippen LogP contribution in [0.15, 0.2) is 77.2 Å². The molecule has 1 heterocycles. The maximum atomic E-state index is 12.6. The van der Waals surface area contributed by atoms with Crippen molar-refractivity contribution in [1.29, 1.82) is 0 Å². The van der Waals surface area contributed by atoms with Crippen molar-refractivity contribution in [1.82, 2.24) is 4.98 Å². The van der Waals surface area contributed by atoms with Crippen molar-refractivity contribution in [2.75, 3.05) is 5.32 Å². The third kappa shape index (κ3) is 4.69. The number of nitrogens with zero attached hydrogens (tertiary/aromatic N) is 1. The molecular weight excluding hydrogens is 376 g/mol. The number of benzene rings is 3. The largest absolute Gasteiger partial charge is 0.491 e. The number of nitrogens with one attached hydrogen (secondary N) is 1. The van der Waals surface area contributed by atoms with Crippen molar-refractivity contribution in [3.8, 4) is 5.75 Å². The van der Waals surface area contributed by atoms with E-state index in [1.54, 1.807) is 12.1 Å². The monoisotopic (exact) mass is 400 g/mol. The number of hydrogen-bond acceptors (Lipinski definition) is 4. The van der Waals surface area contributed by atoms with Gasteiger partial charge in [0.2, 0.25) is 0 Å². The summed E-state index contributed by atoms with van der Waals surface area (Å²) in [4.78, 5) is 17.2. The number of fused-ring (bicyclic) bond motifs is 1. The van der Waals surface area contributed by atoms with Gasteiger partial charge in [-0.25, -0.2) is 4.98 Å². The lowest BCUT2D eigenvalue weighted by atomic mass is 10.1. The standard InChI is InChI=1S/C25H24N2O3/c1-3-17(2)29-21-12-9-19(10-13-21)25(28)26-20-11-14-23-22(16-20)27-24(30-23)15-18-7-5-4-6-8-18/h4-14,16-17H,3,15H2,1-2H3,(H,26,28). The van der Waals surface area contributed by atoms with Gasteiger partial charge in [0.25, 0.3) is 5.91 Å². The number of aromatic nitrogens is 1. The lowest BCUT2D eigenvalue weighted by Gasteiger charge is -2.12. The third-order valence-corrected chi connectivity index (χ3v) is 4.92.